The largest absolute Gasteiger partial charge is 0.376 e. The maximum atomic E-state index is 12.2. The summed E-state index contributed by atoms with van der Waals surface area (Å²) in [6, 6.07) is 9.72. The lowest BCUT2D eigenvalue weighted by Gasteiger charge is -2.22. The molecular formula is C16H20N6O. The SMILES string of the molecule is CCN(C[C@@H](C)C#N)C(=O)CNc1ccc(-n2cncn2)cc1. The van der Waals surface area contributed by atoms with Crippen LogP contribution in [0.2, 0.25) is 0 Å². The van der Waals surface area contributed by atoms with Gasteiger partial charge in [0.1, 0.15) is 12.7 Å². The Labute approximate surface area is 135 Å². The summed E-state index contributed by atoms with van der Waals surface area (Å²) in [5.41, 5.74) is 1.75. The molecule has 0 bridgehead atoms. The van der Waals surface area contributed by atoms with E-state index in [0.717, 1.165) is 11.4 Å². The zero-order valence-corrected chi connectivity index (χ0v) is 13.3. The van der Waals surface area contributed by atoms with E-state index in [1.165, 1.54) is 6.33 Å². The summed E-state index contributed by atoms with van der Waals surface area (Å²) in [6.45, 7) is 4.98. The first kappa shape index (κ1) is 16.5. The maximum Gasteiger partial charge on any atom is 0.241 e. The second-order valence-electron chi connectivity index (χ2n) is 5.20. The fraction of sp³-hybridized carbons (Fsp3) is 0.375. The normalized spacial score (nSPS) is 11.5. The third-order valence-electron chi connectivity index (χ3n) is 3.44. The fourth-order valence-electron chi connectivity index (χ4n) is 2.14. The van der Waals surface area contributed by atoms with Crippen molar-refractivity contribution in [2.45, 2.75) is 13.8 Å². The van der Waals surface area contributed by atoms with Gasteiger partial charge in [-0.25, -0.2) is 9.67 Å². The Morgan fingerprint density at radius 1 is 1.43 bits per heavy atom. The van der Waals surface area contributed by atoms with Gasteiger partial charge in [0.05, 0.1) is 24.2 Å². The lowest BCUT2D eigenvalue weighted by molar-refractivity contribution is -0.129. The van der Waals surface area contributed by atoms with Gasteiger partial charge in [0.25, 0.3) is 0 Å². The third kappa shape index (κ3) is 4.54. The fourth-order valence-corrected chi connectivity index (χ4v) is 2.14. The zero-order chi connectivity index (χ0) is 16.7. The van der Waals surface area contributed by atoms with E-state index in [-0.39, 0.29) is 18.4 Å². The van der Waals surface area contributed by atoms with Crippen molar-refractivity contribution in [2.75, 3.05) is 25.0 Å². The molecule has 2 rings (SSSR count). The summed E-state index contributed by atoms with van der Waals surface area (Å²) in [6.07, 6.45) is 3.11. The van der Waals surface area contributed by atoms with Crippen LogP contribution >= 0.6 is 0 Å². The molecule has 0 radical (unpaired) electrons. The van der Waals surface area contributed by atoms with Gasteiger partial charge < -0.3 is 10.2 Å². The van der Waals surface area contributed by atoms with Crippen molar-refractivity contribution in [3.05, 3.63) is 36.9 Å². The predicted octanol–water partition coefficient (Wildman–Crippen LogP) is 1.69. The highest BCUT2D eigenvalue weighted by Crippen LogP contribution is 2.12. The molecule has 0 fully saturated rings. The lowest BCUT2D eigenvalue weighted by atomic mass is 10.2. The van der Waals surface area contributed by atoms with Crippen LogP contribution in [-0.2, 0) is 4.79 Å². The van der Waals surface area contributed by atoms with Gasteiger partial charge in [0.15, 0.2) is 0 Å². The molecule has 0 saturated heterocycles. The number of hydrogen-bond acceptors (Lipinski definition) is 5. The maximum absolute atomic E-state index is 12.2. The molecule has 7 heteroatoms. The highest BCUT2D eigenvalue weighted by Gasteiger charge is 2.14. The summed E-state index contributed by atoms with van der Waals surface area (Å²) in [4.78, 5) is 17.8. The molecule has 1 heterocycles. The summed E-state index contributed by atoms with van der Waals surface area (Å²) in [5, 5.41) is 16.0. The van der Waals surface area contributed by atoms with Crippen LogP contribution in [-0.4, -0.2) is 45.2 Å². The Morgan fingerprint density at radius 2 is 2.17 bits per heavy atom. The Morgan fingerprint density at radius 3 is 2.74 bits per heavy atom. The van der Waals surface area contributed by atoms with Crippen molar-refractivity contribution >= 4 is 11.6 Å². The first-order chi connectivity index (χ1) is 11.1. The molecule has 1 N–H and O–H groups in total. The van der Waals surface area contributed by atoms with Crippen LogP contribution in [0.25, 0.3) is 5.69 Å². The van der Waals surface area contributed by atoms with E-state index < -0.39 is 0 Å². The van der Waals surface area contributed by atoms with Crippen LogP contribution in [0.4, 0.5) is 5.69 Å². The minimum Gasteiger partial charge on any atom is -0.376 e. The molecule has 0 spiro atoms. The first-order valence-corrected chi connectivity index (χ1v) is 7.50. The number of aromatic nitrogens is 3. The van der Waals surface area contributed by atoms with Crippen molar-refractivity contribution in [3.8, 4) is 11.8 Å². The molecule has 0 aliphatic heterocycles. The van der Waals surface area contributed by atoms with Gasteiger partial charge in [-0.2, -0.15) is 10.4 Å². The molecule has 1 aromatic carbocycles. The number of carbonyl (C=O) groups excluding carboxylic acids is 1. The molecule has 1 amide bonds. The van der Waals surface area contributed by atoms with Gasteiger partial charge in [-0.05, 0) is 38.1 Å². The molecule has 0 aliphatic carbocycles. The smallest absolute Gasteiger partial charge is 0.241 e. The predicted molar refractivity (Wildman–Crippen MR) is 86.9 cm³/mol. The molecule has 1 aromatic heterocycles. The second kappa shape index (κ2) is 7.94. The number of benzene rings is 1. The van der Waals surface area contributed by atoms with E-state index >= 15 is 0 Å². The van der Waals surface area contributed by atoms with Crippen LogP contribution < -0.4 is 5.32 Å². The standard InChI is InChI=1S/C16H20N6O/c1-3-21(10-13(2)8-17)16(23)9-19-14-4-6-15(7-5-14)22-12-18-11-20-22/h4-7,11-13,19H,3,9-10H2,1-2H3/t13-/m0/s1. The van der Waals surface area contributed by atoms with Crippen LogP contribution in [0, 0.1) is 17.2 Å². The highest BCUT2D eigenvalue weighted by molar-refractivity contribution is 5.80. The quantitative estimate of drug-likeness (QED) is 0.840. The Kier molecular flexibility index (Phi) is 5.69. The Balaban J connectivity index is 1.90. The number of nitrogens with one attached hydrogen (secondary N) is 1. The third-order valence-corrected chi connectivity index (χ3v) is 3.44. The average Bonchev–Trinajstić information content (AvgIpc) is 3.12. The van der Waals surface area contributed by atoms with Crippen LogP contribution in [0.1, 0.15) is 13.8 Å². The molecule has 1 atom stereocenters. The van der Waals surface area contributed by atoms with Crippen LogP contribution in [0.5, 0.6) is 0 Å². The second-order valence-corrected chi connectivity index (χ2v) is 5.20. The summed E-state index contributed by atoms with van der Waals surface area (Å²) >= 11 is 0. The van der Waals surface area contributed by atoms with Crippen LogP contribution in [0.3, 0.4) is 0 Å². The number of rotatable bonds is 7. The molecule has 120 valence electrons. The topological polar surface area (TPSA) is 86.8 Å². The van der Waals surface area contributed by atoms with E-state index in [2.05, 4.69) is 21.5 Å². The van der Waals surface area contributed by atoms with Crippen molar-refractivity contribution in [2.24, 2.45) is 5.92 Å². The zero-order valence-electron chi connectivity index (χ0n) is 13.3. The van der Waals surface area contributed by atoms with Crippen molar-refractivity contribution in [1.29, 1.82) is 5.26 Å². The number of hydrogen-bond donors (Lipinski definition) is 1. The number of anilines is 1. The van der Waals surface area contributed by atoms with Gasteiger partial charge >= 0.3 is 0 Å². The lowest BCUT2D eigenvalue weighted by Crippen LogP contribution is -2.38. The van der Waals surface area contributed by atoms with E-state index in [0.29, 0.717) is 13.1 Å². The van der Waals surface area contributed by atoms with E-state index in [1.54, 1.807) is 15.9 Å². The Bertz CT molecular complexity index is 659. The molecule has 0 saturated carbocycles. The van der Waals surface area contributed by atoms with Crippen molar-refractivity contribution in [3.63, 3.8) is 0 Å². The number of likely N-dealkylation sites (N-methyl/N-ethyl adjacent to an activating group) is 1. The summed E-state index contributed by atoms with van der Waals surface area (Å²) in [7, 11) is 0. The van der Waals surface area contributed by atoms with Crippen molar-refractivity contribution < 1.29 is 4.79 Å². The molecule has 0 aliphatic rings. The molecule has 7 nitrogen and oxygen atoms in total. The van der Waals surface area contributed by atoms with Crippen molar-refractivity contribution in [1.82, 2.24) is 19.7 Å². The molecule has 0 unspecified atom stereocenters. The summed E-state index contributed by atoms with van der Waals surface area (Å²) in [5.74, 6) is -0.184. The monoisotopic (exact) mass is 312 g/mol. The number of nitrogens with zero attached hydrogens (tertiary/aromatic N) is 5. The van der Waals surface area contributed by atoms with Gasteiger partial charge in [0, 0.05) is 18.8 Å². The molecular weight excluding hydrogens is 292 g/mol. The van der Waals surface area contributed by atoms with Gasteiger partial charge in [0.2, 0.25) is 5.91 Å². The molecule has 23 heavy (non-hydrogen) atoms. The van der Waals surface area contributed by atoms with E-state index in [9.17, 15) is 4.79 Å². The average molecular weight is 312 g/mol. The number of nitriles is 1. The summed E-state index contributed by atoms with van der Waals surface area (Å²) < 4.78 is 1.66. The molecule has 2 aromatic rings. The minimum atomic E-state index is -0.166. The highest BCUT2D eigenvalue weighted by atomic mass is 16.2. The van der Waals surface area contributed by atoms with Gasteiger partial charge in [-0.15, -0.1) is 0 Å². The Hall–Kier alpha value is -2.88. The van der Waals surface area contributed by atoms with Gasteiger partial charge in [-0.3, -0.25) is 4.79 Å². The van der Waals surface area contributed by atoms with E-state index in [1.807, 2.05) is 38.1 Å². The van der Waals surface area contributed by atoms with Crippen LogP contribution in [0.15, 0.2) is 36.9 Å². The minimum absolute atomic E-state index is 0.0186. The first-order valence-electron chi connectivity index (χ1n) is 7.50. The van der Waals surface area contributed by atoms with E-state index in [4.69, 9.17) is 5.26 Å². The van der Waals surface area contributed by atoms with Gasteiger partial charge in [-0.1, -0.05) is 0 Å². The number of amides is 1. The number of carbonyl (C=O) groups is 1.